The first kappa shape index (κ1) is 15.0. The summed E-state index contributed by atoms with van der Waals surface area (Å²) in [6, 6.07) is -0.630. The minimum Gasteiger partial charge on any atom is -0.477 e. The van der Waals surface area contributed by atoms with Crippen LogP contribution in [0, 0.1) is 0 Å². The van der Waals surface area contributed by atoms with Crippen LogP contribution in [0.3, 0.4) is 0 Å². The normalized spacial score (nSPS) is 25.3. The number of carboxylic acids is 1. The number of Topliss-reactive ketones (excluding diaryl/α,β-unsaturated/α-hetero) is 1. The van der Waals surface area contributed by atoms with Crippen LogP contribution in [-0.2, 0) is 19.1 Å². The highest BCUT2D eigenvalue weighted by atomic mass is 32.2. The van der Waals surface area contributed by atoms with Crippen molar-refractivity contribution in [1.82, 2.24) is 4.90 Å². The number of amides is 1. The van der Waals surface area contributed by atoms with Gasteiger partial charge in [0, 0.05) is 12.2 Å². The van der Waals surface area contributed by atoms with Crippen molar-refractivity contribution in [2.75, 3.05) is 19.0 Å². The van der Waals surface area contributed by atoms with Crippen molar-refractivity contribution in [2.45, 2.75) is 24.8 Å². The van der Waals surface area contributed by atoms with Gasteiger partial charge in [-0.2, -0.15) is 0 Å². The van der Waals surface area contributed by atoms with E-state index < -0.39 is 12.0 Å². The summed E-state index contributed by atoms with van der Waals surface area (Å²) in [6.45, 7) is 1.81. The summed E-state index contributed by atoms with van der Waals surface area (Å²) in [5.41, 5.74) is 6.16. The number of aliphatic carboxylic acids is 1. The molecule has 2 heterocycles. The van der Waals surface area contributed by atoms with Crippen LogP contribution in [0.5, 0.6) is 0 Å². The molecule has 110 valence electrons. The number of carbonyl (C=O) groups excluding carboxylic acids is 2. The van der Waals surface area contributed by atoms with Crippen LogP contribution < -0.4 is 5.73 Å². The molecule has 2 aliphatic rings. The van der Waals surface area contributed by atoms with Gasteiger partial charge in [0.15, 0.2) is 0 Å². The molecule has 20 heavy (non-hydrogen) atoms. The number of carboxylic acid groups (broad SMARTS) is 1. The van der Waals surface area contributed by atoms with Gasteiger partial charge in [-0.25, -0.2) is 4.79 Å². The molecule has 2 aliphatic heterocycles. The lowest BCUT2D eigenvalue weighted by Crippen LogP contribution is -2.68. The summed E-state index contributed by atoms with van der Waals surface area (Å²) in [5, 5.41) is 8.97. The summed E-state index contributed by atoms with van der Waals surface area (Å²) >= 11 is 1.43. The Morgan fingerprint density at radius 3 is 2.85 bits per heavy atom. The van der Waals surface area contributed by atoms with Crippen LogP contribution in [0.25, 0.3) is 0 Å². The molecule has 3 N–H and O–H groups in total. The second-order valence-electron chi connectivity index (χ2n) is 4.70. The highest BCUT2D eigenvalue weighted by molar-refractivity contribution is 8.00. The molecule has 0 aromatic heterocycles. The zero-order chi connectivity index (χ0) is 14.9. The van der Waals surface area contributed by atoms with E-state index in [4.69, 9.17) is 10.5 Å². The Bertz CT molecular complexity index is 490. The number of fused-ring (bicyclic) bond motifs is 1. The zero-order valence-corrected chi connectivity index (χ0v) is 11.8. The molecule has 2 atom stereocenters. The SMILES string of the molecule is CC(=O)CCOCC1=C(C(=O)O)N2C(=O)[C@@H](N)[C@H]2SC1. The van der Waals surface area contributed by atoms with E-state index in [2.05, 4.69) is 0 Å². The molecule has 0 saturated carbocycles. The molecule has 0 bridgehead atoms. The van der Waals surface area contributed by atoms with Gasteiger partial charge in [0.25, 0.3) is 0 Å². The van der Waals surface area contributed by atoms with Gasteiger partial charge in [-0.05, 0) is 12.5 Å². The second kappa shape index (κ2) is 5.94. The molecule has 0 spiro atoms. The van der Waals surface area contributed by atoms with Crippen LogP contribution in [0.1, 0.15) is 13.3 Å². The lowest BCUT2D eigenvalue weighted by atomic mass is 10.0. The van der Waals surface area contributed by atoms with Gasteiger partial charge in [0.2, 0.25) is 5.91 Å². The van der Waals surface area contributed by atoms with E-state index in [1.165, 1.54) is 23.6 Å². The molecular weight excluding hydrogens is 284 g/mol. The van der Waals surface area contributed by atoms with Crippen molar-refractivity contribution in [3.63, 3.8) is 0 Å². The van der Waals surface area contributed by atoms with Crippen LogP contribution in [-0.4, -0.2) is 58.0 Å². The van der Waals surface area contributed by atoms with E-state index in [9.17, 15) is 19.5 Å². The Kier molecular flexibility index (Phi) is 4.46. The van der Waals surface area contributed by atoms with Crippen molar-refractivity contribution in [3.8, 4) is 0 Å². The number of rotatable bonds is 6. The summed E-state index contributed by atoms with van der Waals surface area (Å²) in [6.07, 6.45) is 0.291. The fourth-order valence-electron chi connectivity index (χ4n) is 2.10. The third-order valence-electron chi connectivity index (χ3n) is 3.17. The smallest absolute Gasteiger partial charge is 0.352 e. The Morgan fingerprint density at radius 2 is 2.25 bits per heavy atom. The van der Waals surface area contributed by atoms with Crippen molar-refractivity contribution in [2.24, 2.45) is 5.73 Å². The van der Waals surface area contributed by atoms with Gasteiger partial charge >= 0.3 is 5.97 Å². The van der Waals surface area contributed by atoms with E-state index >= 15 is 0 Å². The number of thioether (sulfide) groups is 1. The first-order valence-electron chi connectivity index (χ1n) is 6.16. The number of ketones is 1. The van der Waals surface area contributed by atoms with Gasteiger partial charge in [-0.15, -0.1) is 11.8 Å². The third kappa shape index (κ3) is 2.72. The summed E-state index contributed by atoms with van der Waals surface area (Å²) in [4.78, 5) is 35.0. The summed E-state index contributed by atoms with van der Waals surface area (Å²) in [5.74, 6) is -1.05. The number of hydrogen-bond acceptors (Lipinski definition) is 6. The Balaban J connectivity index is 2.06. The maximum absolute atomic E-state index is 11.7. The first-order valence-corrected chi connectivity index (χ1v) is 7.21. The average Bonchev–Trinajstić information content (AvgIpc) is 2.41. The van der Waals surface area contributed by atoms with Gasteiger partial charge in [0.05, 0.1) is 13.2 Å². The number of carbonyl (C=O) groups is 3. The lowest BCUT2D eigenvalue weighted by molar-refractivity contribution is -0.148. The summed E-state index contributed by atoms with van der Waals surface area (Å²) in [7, 11) is 0. The Morgan fingerprint density at radius 1 is 1.55 bits per heavy atom. The monoisotopic (exact) mass is 300 g/mol. The van der Waals surface area contributed by atoms with E-state index in [1.54, 1.807) is 0 Å². The van der Waals surface area contributed by atoms with Crippen molar-refractivity contribution < 1.29 is 24.2 Å². The molecule has 8 heteroatoms. The molecule has 2 rings (SSSR count). The number of ether oxygens (including phenoxy) is 1. The van der Waals surface area contributed by atoms with Crippen LogP contribution in [0.4, 0.5) is 0 Å². The second-order valence-corrected chi connectivity index (χ2v) is 5.80. The minimum atomic E-state index is -1.15. The molecule has 0 aliphatic carbocycles. The molecule has 0 aromatic rings. The van der Waals surface area contributed by atoms with Crippen molar-refractivity contribution in [3.05, 3.63) is 11.3 Å². The van der Waals surface area contributed by atoms with Crippen LogP contribution >= 0.6 is 11.8 Å². The predicted octanol–water partition coefficient (Wildman–Crippen LogP) is -0.437. The Hall–Kier alpha value is -1.38. The fraction of sp³-hybridized carbons (Fsp3) is 0.583. The zero-order valence-electron chi connectivity index (χ0n) is 11.0. The standard InChI is InChI=1S/C12H16N2O5S/c1-6(15)2-3-19-4-7-5-20-11-8(13)10(16)14(11)9(7)12(17)18/h8,11H,2-5,13H2,1H3,(H,17,18)/t8-,11-/m1/s1. The summed E-state index contributed by atoms with van der Waals surface area (Å²) < 4.78 is 5.31. The van der Waals surface area contributed by atoms with Gasteiger partial charge < -0.3 is 15.6 Å². The van der Waals surface area contributed by atoms with Gasteiger partial charge in [-0.3, -0.25) is 14.5 Å². The third-order valence-corrected chi connectivity index (χ3v) is 4.53. The van der Waals surface area contributed by atoms with Crippen molar-refractivity contribution >= 4 is 29.4 Å². The van der Waals surface area contributed by atoms with E-state index in [0.29, 0.717) is 17.7 Å². The highest BCUT2D eigenvalue weighted by Crippen LogP contribution is 2.39. The Labute approximate surface area is 120 Å². The first-order chi connectivity index (χ1) is 9.43. The number of β-lactam (4-membered cyclic amide) rings is 1. The molecule has 7 nitrogen and oxygen atoms in total. The van der Waals surface area contributed by atoms with Crippen molar-refractivity contribution in [1.29, 1.82) is 0 Å². The topological polar surface area (TPSA) is 110 Å². The molecule has 0 unspecified atom stereocenters. The molecular formula is C12H16N2O5S. The number of nitrogens with two attached hydrogens (primary N) is 1. The predicted molar refractivity (Wildman–Crippen MR) is 71.8 cm³/mol. The number of hydrogen-bond donors (Lipinski definition) is 2. The van der Waals surface area contributed by atoms with E-state index in [1.807, 2.05) is 0 Å². The molecule has 0 radical (unpaired) electrons. The highest BCUT2D eigenvalue weighted by Gasteiger charge is 2.51. The van der Waals surface area contributed by atoms with E-state index in [-0.39, 0.29) is 36.0 Å². The minimum absolute atomic E-state index is 0.0133. The molecule has 1 amide bonds. The van der Waals surface area contributed by atoms with E-state index in [0.717, 1.165) is 0 Å². The molecule has 0 aromatic carbocycles. The fourth-order valence-corrected chi connectivity index (χ4v) is 3.38. The van der Waals surface area contributed by atoms with Gasteiger partial charge in [0.1, 0.15) is 22.9 Å². The maximum Gasteiger partial charge on any atom is 0.352 e. The van der Waals surface area contributed by atoms with Crippen LogP contribution in [0.2, 0.25) is 0 Å². The number of nitrogens with zero attached hydrogens (tertiary/aromatic N) is 1. The van der Waals surface area contributed by atoms with Gasteiger partial charge in [-0.1, -0.05) is 0 Å². The average molecular weight is 300 g/mol. The quantitative estimate of drug-likeness (QED) is 0.505. The molecule has 1 fully saturated rings. The molecule has 1 saturated heterocycles. The van der Waals surface area contributed by atoms with Crippen LogP contribution in [0.15, 0.2) is 11.3 Å². The lowest BCUT2D eigenvalue weighted by Gasteiger charge is -2.47. The maximum atomic E-state index is 11.7. The largest absolute Gasteiger partial charge is 0.477 e.